The predicted octanol–water partition coefficient (Wildman–Crippen LogP) is 1.54. The van der Waals surface area contributed by atoms with E-state index in [-0.39, 0.29) is 0 Å². The normalized spacial score (nSPS) is 12.0. The highest BCUT2D eigenvalue weighted by atomic mass is 16.5. The number of fused-ring (bicyclic) bond motifs is 1. The predicted molar refractivity (Wildman–Crippen MR) is 59.0 cm³/mol. The van der Waals surface area contributed by atoms with Crippen LogP contribution in [0.2, 0.25) is 0 Å². The van der Waals surface area contributed by atoms with Crippen molar-refractivity contribution in [3.05, 3.63) is 30.2 Å². The summed E-state index contributed by atoms with van der Waals surface area (Å²) in [5, 5.41) is 0. The van der Waals surface area contributed by atoms with Gasteiger partial charge in [0.05, 0.1) is 24.4 Å². The summed E-state index contributed by atoms with van der Waals surface area (Å²) in [4.78, 5) is 4.33. The van der Waals surface area contributed by atoms with Crippen molar-refractivity contribution in [3.63, 3.8) is 0 Å². The summed E-state index contributed by atoms with van der Waals surface area (Å²) >= 11 is 0. The highest BCUT2D eigenvalue weighted by Gasteiger charge is 2.21. The van der Waals surface area contributed by atoms with Gasteiger partial charge in [-0.15, -0.1) is 0 Å². The van der Waals surface area contributed by atoms with Crippen LogP contribution >= 0.6 is 0 Å². The highest BCUT2D eigenvalue weighted by molar-refractivity contribution is 5.49. The van der Waals surface area contributed by atoms with Crippen molar-refractivity contribution in [1.82, 2.24) is 9.38 Å². The molecule has 2 rings (SSSR count). The van der Waals surface area contributed by atoms with E-state index in [9.17, 15) is 0 Å². The number of hydrogen-bond donors (Lipinski definition) is 1. The van der Waals surface area contributed by atoms with Crippen molar-refractivity contribution >= 4 is 5.52 Å². The van der Waals surface area contributed by atoms with E-state index < -0.39 is 5.54 Å². The zero-order valence-electron chi connectivity index (χ0n) is 9.19. The Morgan fingerprint density at radius 1 is 1.40 bits per heavy atom. The Balaban J connectivity index is 2.77. The SMILES string of the molecule is COc1cccc2cnc(C(C)(C)N)n12. The Labute approximate surface area is 88.7 Å². The third-order valence-corrected chi connectivity index (χ3v) is 2.30. The lowest BCUT2D eigenvalue weighted by Gasteiger charge is -2.18. The second-order valence-corrected chi connectivity index (χ2v) is 4.13. The first kappa shape index (κ1) is 9.98. The highest BCUT2D eigenvalue weighted by Crippen LogP contribution is 2.22. The third kappa shape index (κ3) is 1.57. The fourth-order valence-electron chi connectivity index (χ4n) is 1.63. The molecule has 2 aromatic rings. The Kier molecular flexibility index (Phi) is 2.16. The summed E-state index contributed by atoms with van der Waals surface area (Å²) in [5.74, 6) is 1.55. The van der Waals surface area contributed by atoms with Crippen molar-refractivity contribution in [3.8, 4) is 5.88 Å². The average Bonchev–Trinajstić information content (AvgIpc) is 2.59. The van der Waals surface area contributed by atoms with Crippen LogP contribution in [0, 0.1) is 0 Å². The maximum Gasteiger partial charge on any atom is 0.199 e. The summed E-state index contributed by atoms with van der Waals surface area (Å²) in [6.45, 7) is 3.85. The molecule has 15 heavy (non-hydrogen) atoms. The number of hydrogen-bond acceptors (Lipinski definition) is 3. The summed E-state index contributed by atoms with van der Waals surface area (Å²) < 4.78 is 7.22. The van der Waals surface area contributed by atoms with Gasteiger partial charge in [-0.2, -0.15) is 0 Å². The van der Waals surface area contributed by atoms with Gasteiger partial charge < -0.3 is 10.5 Å². The first-order chi connectivity index (χ1) is 7.04. The fourth-order valence-corrected chi connectivity index (χ4v) is 1.63. The molecule has 0 fully saturated rings. The molecule has 2 heterocycles. The Hall–Kier alpha value is -1.55. The first-order valence-electron chi connectivity index (χ1n) is 4.84. The number of pyridine rings is 1. The molecule has 4 nitrogen and oxygen atoms in total. The van der Waals surface area contributed by atoms with Crippen LogP contribution in [0.1, 0.15) is 19.7 Å². The van der Waals surface area contributed by atoms with Crippen LogP contribution in [0.25, 0.3) is 5.52 Å². The van der Waals surface area contributed by atoms with Crippen LogP contribution < -0.4 is 10.5 Å². The second kappa shape index (κ2) is 3.24. The van der Waals surface area contributed by atoms with Gasteiger partial charge >= 0.3 is 0 Å². The van der Waals surface area contributed by atoms with Crippen LogP contribution in [0.5, 0.6) is 5.88 Å². The van der Waals surface area contributed by atoms with Gasteiger partial charge in [-0.1, -0.05) is 6.07 Å². The Morgan fingerprint density at radius 3 is 2.73 bits per heavy atom. The molecule has 2 aromatic heterocycles. The molecule has 0 amide bonds. The average molecular weight is 205 g/mol. The maximum atomic E-state index is 6.05. The van der Waals surface area contributed by atoms with E-state index >= 15 is 0 Å². The van der Waals surface area contributed by atoms with Crippen LogP contribution in [0.3, 0.4) is 0 Å². The Morgan fingerprint density at radius 2 is 2.13 bits per heavy atom. The monoisotopic (exact) mass is 205 g/mol. The molecule has 0 saturated carbocycles. The zero-order valence-corrected chi connectivity index (χ0v) is 9.19. The minimum atomic E-state index is -0.485. The zero-order chi connectivity index (χ0) is 11.1. The molecule has 80 valence electrons. The van der Waals surface area contributed by atoms with Crippen molar-refractivity contribution in [2.24, 2.45) is 5.73 Å². The van der Waals surface area contributed by atoms with Gasteiger partial charge in [-0.3, -0.25) is 4.40 Å². The molecular formula is C11H15N3O. The van der Waals surface area contributed by atoms with Gasteiger partial charge in [0.1, 0.15) is 5.82 Å². The number of methoxy groups -OCH3 is 1. The van der Waals surface area contributed by atoms with E-state index in [2.05, 4.69) is 4.98 Å². The molecular weight excluding hydrogens is 190 g/mol. The summed E-state index contributed by atoms with van der Waals surface area (Å²) in [6.07, 6.45) is 1.80. The number of nitrogens with two attached hydrogens (primary N) is 1. The lowest BCUT2D eigenvalue weighted by molar-refractivity contribution is 0.382. The van der Waals surface area contributed by atoms with Gasteiger partial charge in [-0.25, -0.2) is 4.98 Å². The van der Waals surface area contributed by atoms with Gasteiger partial charge in [0.25, 0.3) is 0 Å². The lowest BCUT2D eigenvalue weighted by Crippen LogP contribution is -2.31. The van der Waals surface area contributed by atoms with Gasteiger partial charge in [0.2, 0.25) is 0 Å². The minimum Gasteiger partial charge on any atom is -0.482 e. The number of rotatable bonds is 2. The summed E-state index contributed by atoms with van der Waals surface area (Å²) in [5.41, 5.74) is 6.56. The molecule has 0 saturated heterocycles. The van der Waals surface area contributed by atoms with Crippen LogP contribution in [-0.2, 0) is 5.54 Å². The molecule has 2 N–H and O–H groups in total. The molecule has 0 aromatic carbocycles. The van der Waals surface area contributed by atoms with Crippen LogP contribution in [0.15, 0.2) is 24.4 Å². The van der Waals surface area contributed by atoms with E-state index in [1.54, 1.807) is 13.3 Å². The second-order valence-electron chi connectivity index (χ2n) is 4.13. The summed E-state index contributed by atoms with van der Waals surface area (Å²) in [6, 6.07) is 5.80. The number of ether oxygens (including phenoxy) is 1. The molecule has 4 heteroatoms. The number of aromatic nitrogens is 2. The molecule has 0 atom stereocenters. The smallest absolute Gasteiger partial charge is 0.199 e. The molecule has 0 radical (unpaired) electrons. The van der Waals surface area contributed by atoms with E-state index in [0.29, 0.717) is 0 Å². The number of nitrogens with zero attached hydrogens (tertiary/aromatic N) is 2. The van der Waals surface area contributed by atoms with Crippen molar-refractivity contribution in [2.75, 3.05) is 7.11 Å². The maximum absolute atomic E-state index is 6.05. The van der Waals surface area contributed by atoms with Crippen molar-refractivity contribution in [1.29, 1.82) is 0 Å². The van der Waals surface area contributed by atoms with Crippen molar-refractivity contribution in [2.45, 2.75) is 19.4 Å². The molecule has 0 spiro atoms. The fraction of sp³-hybridized carbons (Fsp3) is 0.364. The van der Waals surface area contributed by atoms with E-state index in [1.165, 1.54) is 0 Å². The molecule has 0 aliphatic carbocycles. The van der Waals surface area contributed by atoms with Crippen molar-refractivity contribution < 1.29 is 4.74 Å². The standard InChI is InChI=1S/C11H15N3O/c1-11(2,12)10-13-7-8-5-4-6-9(15-3)14(8)10/h4-7H,12H2,1-3H3. The summed E-state index contributed by atoms with van der Waals surface area (Å²) in [7, 11) is 1.64. The topological polar surface area (TPSA) is 52.5 Å². The number of imidazole rings is 1. The first-order valence-corrected chi connectivity index (χ1v) is 4.84. The largest absolute Gasteiger partial charge is 0.482 e. The van der Waals surface area contributed by atoms with E-state index in [0.717, 1.165) is 17.2 Å². The minimum absolute atomic E-state index is 0.485. The van der Waals surface area contributed by atoms with Gasteiger partial charge in [0, 0.05) is 0 Å². The quantitative estimate of drug-likeness (QED) is 0.809. The molecule has 0 bridgehead atoms. The lowest BCUT2D eigenvalue weighted by atomic mass is 10.1. The van der Waals surface area contributed by atoms with Crippen LogP contribution in [0.4, 0.5) is 0 Å². The van der Waals surface area contributed by atoms with Gasteiger partial charge in [0.15, 0.2) is 5.88 Å². The molecule has 0 aliphatic rings. The Bertz CT molecular complexity index is 482. The third-order valence-electron chi connectivity index (χ3n) is 2.30. The molecule has 0 aliphatic heterocycles. The van der Waals surface area contributed by atoms with E-state index in [1.807, 2.05) is 36.4 Å². The van der Waals surface area contributed by atoms with Gasteiger partial charge in [-0.05, 0) is 26.0 Å². The van der Waals surface area contributed by atoms with Crippen LogP contribution in [-0.4, -0.2) is 16.5 Å². The van der Waals surface area contributed by atoms with E-state index in [4.69, 9.17) is 10.5 Å². The molecule has 0 unspecified atom stereocenters.